The number of quaternary nitrogens is 1. The number of nitrogens with two attached hydrogens (primary N) is 1. The maximum absolute atomic E-state index is 13.0. The number of nitrogens with one attached hydrogen (secondary N) is 2. The number of likely N-dealkylation sites (tertiary alicyclic amines) is 1. The molecule has 0 bridgehead atoms. The second-order valence-electron chi connectivity index (χ2n) is 9.03. The molecule has 0 radical (unpaired) electrons. The largest absolute Gasteiger partial charge is 0.418 e. The molecule has 0 spiro atoms. The normalized spacial score (nSPS) is 18.3. The highest BCUT2D eigenvalue weighted by Crippen LogP contribution is 2.23. The van der Waals surface area contributed by atoms with Crippen molar-refractivity contribution in [1.29, 1.82) is 5.41 Å². The van der Waals surface area contributed by atoms with Crippen molar-refractivity contribution in [3.63, 3.8) is 0 Å². The lowest BCUT2D eigenvalue weighted by molar-refractivity contribution is -0.508. The zero-order chi connectivity index (χ0) is 21.7. The number of nitrogens with zero attached hydrogens (tertiary/aromatic N) is 1. The Balaban J connectivity index is 1.75. The van der Waals surface area contributed by atoms with Crippen molar-refractivity contribution in [2.24, 2.45) is 5.41 Å². The third kappa shape index (κ3) is 5.34. The van der Waals surface area contributed by atoms with Gasteiger partial charge in [-0.05, 0) is 23.8 Å². The molecule has 0 aromatic heterocycles. The van der Waals surface area contributed by atoms with Gasteiger partial charge in [0.15, 0.2) is 0 Å². The summed E-state index contributed by atoms with van der Waals surface area (Å²) in [5.41, 5.74) is 2.29. The number of ether oxygens (including phenoxy) is 1. The lowest BCUT2D eigenvalue weighted by atomic mass is 9.86. The van der Waals surface area contributed by atoms with Gasteiger partial charge in [-0.2, -0.15) is 0 Å². The molecule has 4 N–H and O–H groups in total. The summed E-state index contributed by atoms with van der Waals surface area (Å²) >= 11 is 0. The standard InChI is InChI=1S/C23H32N4O3/c1-23(2,3)20(21(28)27-12-7-8-13-27)26-22(29)25-18-11-14-30-15-17(18)19(24)16-9-5-4-6-10-16/h4-6,9-10,20,24H,7-8,11-15H2,1-3H3,(H2,25,26,29)/p+1/t20-/m1/s1. The summed E-state index contributed by atoms with van der Waals surface area (Å²) in [6.45, 7) is 8.24. The number of hydrogen-bond acceptors (Lipinski definition) is 4. The van der Waals surface area contributed by atoms with Crippen molar-refractivity contribution < 1.29 is 19.6 Å². The van der Waals surface area contributed by atoms with Crippen molar-refractivity contribution in [1.82, 2.24) is 10.2 Å². The molecule has 0 unspecified atom stereocenters. The Kier molecular flexibility index (Phi) is 7.05. The number of carbonyl (C=O) groups is 2. The number of primary amides is 1. The van der Waals surface area contributed by atoms with Gasteiger partial charge in [0.05, 0.1) is 24.5 Å². The maximum Gasteiger partial charge on any atom is 0.418 e. The summed E-state index contributed by atoms with van der Waals surface area (Å²) in [6, 6.07) is 8.57. The Morgan fingerprint density at radius 2 is 1.83 bits per heavy atom. The topological polar surface area (TPSA) is 99.1 Å². The Labute approximate surface area is 178 Å². The van der Waals surface area contributed by atoms with Gasteiger partial charge in [0.2, 0.25) is 5.91 Å². The van der Waals surface area contributed by atoms with Crippen molar-refractivity contribution >= 4 is 17.6 Å². The molecule has 2 aliphatic heterocycles. The minimum absolute atomic E-state index is 0.0139. The summed E-state index contributed by atoms with van der Waals surface area (Å²) in [7, 11) is 0. The highest BCUT2D eigenvalue weighted by molar-refractivity contribution is 6.11. The zero-order valence-corrected chi connectivity index (χ0v) is 18.2. The molecule has 0 saturated carbocycles. The molecule has 162 valence electrons. The molecule has 1 aromatic rings. The second-order valence-corrected chi connectivity index (χ2v) is 9.03. The minimum atomic E-state index is -0.586. The van der Waals surface area contributed by atoms with Crippen LogP contribution in [-0.4, -0.2) is 54.9 Å². The van der Waals surface area contributed by atoms with E-state index in [1.54, 1.807) is 5.32 Å². The van der Waals surface area contributed by atoms with Gasteiger partial charge in [0, 0.05) is 19.5 Å². The van der Waals surface area contributed by atoms with Gasteiger partial charge in [0.1, 0.15) is 11.7 Å². The predicted molar refractivity (Wildman–Crippen MR) is 115 cm³/mol. The molecule has 7 nitrogen and oxygen atoms in total. The average Bonchev–Trinajstić information content (AvgIpc) is 3.26. The Bertz CT molecular complexity index is 821. The molecule has 7 heteroatoms. The van der Waals surface area contributed by atoms with Crippen LogP contribution >= 0.6 is 0 Å². The van der Waals surface area contributed by atoms with Gasteiger partial charge in [-0.25, -0.2) is 10.1 Å². The van der Waals surface area contributed by atoms with E-state index >= 15 is 0 Å². The van der Waals surface area contributed by atoms with Gasteiger partial charge < -0.3 is 9.64 Å². The van der Waals surface area contributed by atoms with Crippen LogP contribution < -0.4 is 10.6 Å². The van der Waals surface area contributed by atoms with Crippen LogP contribution in [0.3, 0.4) is 0 Å². The summed E-state index contributed by atoms with van der Waals surface area (Å²) in [5.74, 6) is -0.0139. The number of rotatable bonds is 5. The van der Waals surface area contributed by atoms with Crippen molar-refractivity contribution in [2.75, 3.05) is 26.3 Å². The molecular weight excluding hydrogens is 380 g/mol. The van der Waals surface area contributed by atoms with Crippen LogP contribution in [0.1, 0.15) is 45.6 Å². The maximum atomic E-state index is 13.0. The molecule has 1 fully saturated rings. The van der Waals surface area contributed by atoms with Crippen LogP contribution in [-0.2, 0) is 9.53 Å². The summed E-state index contributed by atoms with van der Waals surface area (Å²) in [6.07, 6.45) is 2.60. The van der Waals surface area contributed by atoms with E-state index in [4.69, 9.17) is 10.1 Å². The monoisotopic (exact) mass is 413 g/mol. The van der Waals surface area contributed by atoms with E-state index in [0.29, 0.717) is 25.3 Å². The molecule has 1 atom stereocenters. The zero-order valence-electron chi connectivity index (χ0n) is 18.2. The Hall–Kier alpha value is -2.51. The molecule has 30 heavy (non-hydrogen) atoms. The quantitative estimate of drug-likeness (QED) is 0.644. The number of carbonyl (C=O) groups excluding carboxylic acids is 2. The third-order valence-corrected chi connectivity index (χ3v) is 5.64. The van der Waals surface area contributed by atoms with E-state index in [0.717, 1.165) is 42.8 Å². The lowest BCUT2D eigenvalue weighted by Crippen LogP contribution is -2.90. The van der Waals surface area contributed by atoms with Gasteiger partial charge in [-0.1, -0.05) is 51.1 Å². The summed E-state index contributed by atoms with van der Waals surface area (Å²) in [5, 5.41) is 13.1. The molecule has 1 saturated heterocycles. The highest BCUT2D eigenvalue weighted by Gasteiger charge is 2.37. The summed E-state index contributed by atoms with van der Waals surface area (Å²) < 4.78 is 5.57. The van der Waals surface area contributed by atoms with Gasteiger partial charge in [-0.3, -0.25) is 15.5 Å². The first-order valence-electron chi connectivity index (χ1n) is 10.7. The number of urea groups is 1. The fraction of sp³-hybridized carbons (Fsp3) is 0.522. The molecule has 1 aromatic carbocycles. The SMILES string of the molecule is CC(C)(C)[C@H](NC(=O)[NH2+]C1=C(C(=N)c2ccccc2)COCC1)C(=O)N1CCCC1. The van der Waals surface area contributed by atoms with E-state index in [1.807, 2.05) is 56.0 Å². The molecule has 2 heterocycles. The van der Waals surface area contributed by atoms with Crippen LogP contribution in [0.5, 0.6) is 0 Å². The third-order valence-electron chi connectivity index (χ3n) is 5.64. The number of hydrogen-bond donors (Lipinski definition) is 3. The predicted octanol–water partition coefficient (Wildman–Crippen LogP) is 2.04. The van der Waals surface area contributed by atoms with E-state index in [9.17, 15) is 9.59 Å². The lowest BCUT2D eigenvalue weighted by Gasteiger charge is -2.32. The molecule has 0 aliphatic carbocycles. The van der Waals surface area contributed by atoms with E-state index < -0.39 is 11.5 Å². The first kappa shape index (κ1) is 22.2. The average molecular weight is 414 g/mol. The van der Waals surface area contributed by atoms with Crippen molar-refractivity contribution in [3.8, 4) is 0 Å². The number of benzene rings is 1. The molecule has 3 amide bonds. The van der Waals surface area contributed by atoms with Crippen LogP contribution in [0, 0.1) is 10.8 Å². The fourth-order valence-electron chi connectivity index (χ4n) is 3.88. The Morgan fingerprint density at radius 3 is 2.47 bits per heavy atom. The van der Waals surface area contributed by atoms with E-state index in [-0.39, 0.29) is 11.9 Å². The molecule has 3 rings (SSSR count). The van der Waals surface area contributed by atoms with Crippen LogP contribution in [0.2, 0.25) is 0 Å². The second kappa shape index (κ2) is 9.53. The smallest absolute Gasteiger partial charge is 0.376 e. The van der Waals surface area contributed by atoms with E-state index in [1.165, 1.54) is 0 Å². The van der Waals surface area contributed by atoms with Gasteiger partial charge in [-0.15, -0.1) is 0 Å². The van der Waals surface area contributed by atoms with Gasteiger partial charge in [0.25, 0.3) is 0 Å². The van der Waals surface area contributed by atoms with Crippen molar-refractivity contribution in [2.45, 2.75) is 46.1 Å². The molecular formula is C23H33N4O3+. The first-order chi connectivity index (χ1) is 14.3. The van der Waals surface area contributed by atoms with Crippen LogP contribution in [0.15, 0.2) is 41.6 Å². The Morgan fingerprint density at radius 1 is 1.17 bits per heavy atom. The van der Waals surface area contributed by atoms with Crippen LogP contribution in [0.4, 0.5) is 4.79 Å². The van der Waals surface area contributed by atoms with E-state index in [2.05, 4.69) is 5.32 Å². The minimum Gasteiger partial charge on any atom is -0.376 e. The first-order valence-corrected chi connectivity index (χ1v) is 10.7. The van der Waals surface area contributed by atoms with Crippen molar-refractivity contribution in [3.05, 3.63) is 47.2 Å². The van der Waals surface area contributed by atoms with Gasteiger partial charge >= 0.3 is 6.03 Å². The summed E-state index contributed by atoms with van der Waals surface area (Å²) in [4.78, 5) is 27.8. The number of amides is 3. The fourth-order valence-corrected chi connectivity index (χ4v) is 3.88. The molecule has 2 aliphatic rings. The van der Waals surface area contributed by atoms with Crippen LogP contribution in [0.25, 0.3) is 0 Å². The highest BCUT2D eigenvalue weighted by atomic mass is 16.5.